The number of hydrogen-bond donors (Lipinski definition) is 0. The van der Waals surface area contributed by atoms with Gasteiger partial charge in [-0.05, 0) is 38.1 Å². The molecule has 0 spiro atoms. The van der Waals surface area contributed by atoms with Crippen molar-refractivity contribution in [1.82, 2.24) is 9.97 Å². The largest absolute Gasteiger partial charge is 0.491 e. The smallest absolute Gasteiger partial charge is 0.187 e. The molecule has 9 heteroatoms. The van der Waals surface area contributed by atoms with Gasteiger partial charge < -0.3 is 14.2 Å². The molecule has 2 heterocycles. The summed E-state index contributed by atoms with van der Waals surface area (Å²) in [6, 6.07) is 12.1. The summed E-state index contributed by atoms with van der Waals surface area (Å²) in [4.78, 5) is 7.44. The highest BCUT2D eigenvalue weighted by molar-refractivity contribution is 5.44. The Kier molecular flexibility index (Phi) is 8.69. The summed E-state index contributed by atoms with van der Waals surface area (Å²) < 4.78 is 41.4. The van der Waals surface area contributed by atoms with Crippen LogP contribution in [0.5, 0.6) is 23.0 Å². The minimum Gasteiger partial charge on any atom is -0.491 e. The predicted octanol–water partition coefficient (Wildman–Crippen LogP) is 4.77. The fourth-order valence-electron chi connectivity index (χ4n) is 2.21. The van der Waals surface area contributed by atoms with E-state index in [2.05, 4.69) is 9.97 Å². The number of hydrogen-bond acceptors (Lipinski definition) is 7. The van der Waals surface area contributed by atoms with E-state index in [1.807, 2.05) is 13.0 Å². The number of nitrogens with zero attached hydrogens (tertiary/aromatic N) is 4. The van der Waals surface area contributed by atoms with Crippen LogP contribution in [0.1, 0.15) is 25.2 Å². The third-order valence-electron chi connectivity index (χ3n) is 3.52. The molecule has 1 aromatic carbocycles. The Morgan fingerprint density at radius 3 is 1.94 bits per heavy atom. The maximum absolute atomic E-state index is 12.8. The average Bonchev–Trinajstić information content (AvgIpc) is 2.78. The lowest BCUT2D eigenvalue weighted by Gasteiger charge is -2.11. The van der Waals surface area contributed by atoms with Crippen molar-refractivity contribution in [2.24, 2.45) is 0 Å². The summed E-state index contributed by atoms with van der Waals surface area (Å²) >= 11 is 0. The number of rotatable bonds is 6. The highest BCUT2D eigenvalue weighted by atomic mass is 19.1. The Morgan fingerprint density at radius 2 is 1.35 bits per heavy atom. The molecule has 3 rings (SSSR count). The normalized spacial score (nSPS) is 9.48. The van der Waals surface area contributed by atoms with Crippen LogP contribution >= 0.6 is 0 Å². The van der Waals surface area contributed by atoms with Crippen molar-refractivity contribution in [2.45, 2.75) is 13.8 Å². The third kappa shape index (κ3) is 6.94. The predicted molar refractivity (Wildman–Crippen MR) is 107 cm³/mol. The Hall–Kier alpha value is -4.24. The van der Waals surface area contributed by atoms with Gasteiger partial charge in [-0.25, -0.2) is 18.7 Å². The topological polar surface area (TPSA) is 101 Å². The molecule has 2 aromatic heterocycles. The Labute approximate surface area is 178 Å². The van der Waals surface area contributed by atoms with Crippen LogP contribution < -0.4 is 14.2 Å². The van der Waals surface area contributed by atoms with Gasteiger partial charge in [-0.15, -0.1) is 0 Å². The molecule has 0 saturated carbocycles. The van der Waals surface area contributed by atoms with Gasteiger partial charge in [0.25, 0.3) is 0 Å². The van der Waals surface area contributed by atoms with Crippen LogP contribution in [0.3, 0.4) is 0 Å². The Morgan fingerprint density at radius 1 is 0.806 bits per heavy atom. The maximum atomic E-state index is 12.8. The van der Waals surface area contributed by atoms with E-state index in [0.717, 1.165) is 6.20 Å². The zero-order chi connectivity index (χ0) is 22.6. The minimum atomic E-state index is -0.546. The minimum absolute atomic E-state index is 0.0732. The Bertz CT molecular complexity index is 1090. The quantitative estimate of drug-likeness (QED) is 0.561. The van der Waals surface area contributed by atoms with Gasteiger partial charge in [-0.3, -0.25) is 0 Å². The van der Waals surface area contributed by atoms with E-state index in [0.29, 0.717) is 30.5 Å². The van der Waals surface area contributed by atoms with Crippen molar-refractivity contribution < 1.29 is 23.0 Å². The fourth-order valence-corrected chi connectivity index (χ4v) is 2.21. The van der Waals surface area contributed by atoms with E-state index in [-0.39, 0.29) is 23.0 Å². The molecule has 7 nitrogen and oxygen atoms in total. The first-order chi connectivity index (χ1) is 15.0. The van der Waals surface area contributed by atoms with Gasteiger partial charge >= 0.3 is 0 Å². The summed E-state index contributed by atoms with van der Waals surface area (Å²) in [7, 11) is 0. The molecule has 0 aliphatic heterocycles. The first-order valence-corrected chi connectivity index (χ1v) is 9.15. The van der Waals surface area contributed by atoms with Gasteiger partial charge in [-0.1, -0.05) is 0 Å². The van der Waals surface area contributed by atoms with Crippen LogP contribution in [-0.4, -0.2) is 23.2 Å². The SMILES string of the molecule is CCOc1cc(C#N)ncc1F.CCOc1cc(C#N)ncc1Oc1ccc(F)cc1. The van der Waals surface area contributed by atoms with Crippen LogP contribution in [-0.2, 0) is 0 Å². The lowest BCUT2D eigenvalue weighted by Crippen LogP contribution is -1.97. The third-order valence-corrected chi connectivity index (χ3v) is 3.52. The number of aromatic nitrogens is 2. The van der Waals surface area contributed by atoms with Gasteiger partial charge in [0.2, 0.25) is 0 Å². The summed E-state index contributed by atoms with van der Waals surface area (Å²) in [5, 5.41) is 17.2. The molecule has 0 amide bonds. The van der Waals surface area contributed by atoms with Crippen molar-refractivity contribution >= 4 is 0 Å². The summed E-state index contributed by atoms with van der Waals surface area (Å²) in [5.74, 6) is 0.468. The second kappa shape index (κ2) is 11.7. The molecule has 0 saturated heterocycles. The number of nitriles is 2. The van der Waals surface area contributed by atoms with Crippen LogP contribution in [0.4, 0.5) is 8.78 Å². The van der Waals surface area contributed by atoms with E-state index in [9.17, 15) is 8.78 Å². The molecule has 158 valence electrons. The van der Waals surface area contributed by atoms with Crippen molar-refractivity contribution in [3.63, 3.8) is 0 Å². The number of benzene rings is 1. The average molecular weight is 424 g/mol. The van der Waals surface area contributed by atoms with Gasteiger partial charge in [0.05, 0.1) is 25.6 Å². The maximum Gasteiger partial charge on any atom is 0.187 e. The van der Waals surface area contributed by atoms with Gasteiger partial charge in [0, 0.05) is 12.1 Å². The second-order valence-electron chi connectivity index (χ2n) is 5.66. The molecular weight excluding hydrogens is 406 g/mol. The number of halogens is 2. The molecule has 31 heavy (non-hydrogen) atoms. The zero-order valence-electron chi connectivity index (χ0n) is 16.8. The standard InChI is InChI=1S/C14H11FN2O2.C8H7FN2O/c1-2-18-13-7-11(8-16)17-9-14(13)19-12-5-3-10(15)4-6-12;1-2-12-8-3-6(4-10)11-5-7(8)9/h3-7,9H,2H2,1H3;3,5H,2H2,1H3. The molecule has 0 radical (unpaired) electrons. The number of pyridine rings is 2. The molecule has 0 fully saturated rings. The summed E-state index contributed by atoms with van der Waals surface area (Å²) in [6.07, 6.45) is 2.39. The molecule has 0 bridgehead atoms. The van der Waals surface area contributed by atoms with E-state index >= 15 is 0 Å². The molecule has 0 aliphatic rings. The van der Waals surface area contributed by atoms with Crippen molar-refractivity contribution in [3.05, 3.63) is 71.8 Å². The van der Waals surface area contributed by atoms with Gasteiger partial charge in [0.15, 0.2) is 23.1 Å². The highest BCUT2D eigenvalue weighted by Gasteiger charge is 2.09. The van der Waals surface area contributed by atoms with Crippen LogP contribution in [0, 0.1) is 34.3 Å². The monoisotopic (exact) mass is 424 g/mol. The van der Waals surface area contributed by atoms with Crippen LogP contribution in [0.2, 0.25) is 0 Å². The van der Waals surface area contributed by atoms with E-state index in [1.54, 1.807) is 13.0 Å². The van der Waals surface area contributed by atoms with Crippen molar-refractivity contribution in [3.8, 4) is 35.1 Å². The van der Waals surface area contributed by atoms with Crippen LogP contribution in [0.15, 0.2) is 48.8 Å². The fraction of sp³-hybridized carbons (Fsp3) is 0.182. The van der Waals surface area contributed by atoms with E-state index in [4.69, 9.17) is 24.7 Å². The molecule has 0 aliphatic carbocycles. The number of ether oxygens (including phenoxy) is 3. The molecule has 3 aromatic rings. The lowest BCUT2D eigenvalue weighted by atomic mass is 10.3. The van der Waals surface area contributed by atoms with E-state index < -0.39 is 5.82 Å². The summed E-state index contributed by atoms with van der Waals surface area (Å²) in [6.45, 7) is 4.38. The van der Waals surface area contributed by atoms with Crippen LogP contribution in [0.25, 0.3) is 0 Å². The first-order valence-electron chi connectivity index (χ1n) is 9.15. The molecule has 0 unspecified atom stereocenters. The highest BCUT2D eigenvalue weighted by Crippen LogP contribution is 2.31. The van der Waals surface area contributed by atoms with Gasteiger partial charge in [0.1, 0.15) is 35.1 Å². The molecule has 0 atom stereocenters. The summed E-state index contributed by atoms with van der Waals surface area (Å²) in [5.41, 5.74) is 0.398. The molecule has 0 N–H and O–H groups in total. The van der Waals surface area contributed by atoms with E-state index in [1.165, 1.54) is 42.6 Å². The van der Waals surface area contributed by atoms with Crippen molar-refractivity contribution in [2.75, 3.05) is 13.2 Å². The Balaban J connectivity index is 0.000000245. The van der Waals surface area contributed by atoms with Crippen molar-refractivity contribution in [1.29, 1.82) is 10.5 Å². The zero-order valence-corrected chi connectivity index (χ0v) is 16.8. The second-order valence-corrected chi connectivity index (χ2v) is 5.66. The molecular formula is C22H18F2N4O3. The first kappa shape index (κ1) is 23.0. The van der Waals surface area contributed by atoms with Gasteiger partial charge in [-0.2, -0.15) is 10.5 Å². The lowest BCUT2D eigenvalue weighted by molar-refractivity contribution is 0.320.